The maximum absolute atomic E-state index is 12.0. The fourth-order valence-electron chi connectivity index (χ4n) is 1.42. The molecule has 0 bridgehead atoms. The number of nitro benzene ring substituents is 1. The van der Waals surface area contributed by atoms with Gasteiger partial charge in [0.25, 0.3) is 15.7 Å². The second-order valence-corrected chi connectivity index (χ2v) is 5.33. The predicted octanol–water partition coefficient (Wildman–Crippen LogP) is 2.20. The minimum atomic E-state index is -3.74. The largest absolute Gasteiger partial charge is 0.280 e. The van der Waals surface area contributed by atoms with Gasteiger partial charge in [0.2, 0.25) is 0 Å². The molecule has 6 nitrogen and oxygen atoms in total. The van der Waals surface area contributed by atoms with E-state index in [9.17, 15) is 18.5 Å². The van der Waals surface area contributed by atoms with Crippen LogP contribution in [0.1, 0.15) is 0 Å². The minimum absolute atomic E-state index is 0.0362. The number of non-ortho nitro benzene ring substituents is 1. The number of anilines is 1. The van der Waals surface area contributed by atoms with Crippen LogP contribution in [0.2, 0.25) is 0 Å². The van der Waals surface area contributed by atoms with Gasteiger partial charge in [-0.2, -0.15) is 0 Å². The molecule has 0 aromatic heterocycles. The maximum Gasteiger partial charge on any atom is 0.269 e. The number of nitrogens with zero attached hydrogens (tertiary/aromatic N) is 1. The Hall–Kier alpha value is -2.41. The van der Waals surface area contributed by atoms with E-state index in [1.165, 1.54) is 12.1 Å². The smallest absolute Gasteiger partial charge is 0.269 e. The van der Waals surface area contributed by atoms with Crippen molar-refractivity contribution >= 4 is 21.4 Å². The third-order valence-corrected chi connectivity index (χ3v) is 3.73. The summed E-state index contributed by atoms with van der Waals surface area (Å²) < 4.78 is 26.3. The molecule has 0 saturated heterocycles. The van der Waals surface area contributed by atoms with Crippen LogP contribution in [0.5, 0.6) is 0 Å². The van der Waals surface area contributed by atoms with Crippen molar-refractivity contribution in [3.05, 3.63) is 64.7 Å². The van der Waals surface area contributed by atoms with Gasteiger partial charge >= 0.3 is 0 Å². The zero-order chi connectivity index (χ0) is 13.9. The molecule has 0 unspecified atom stereocenters. The summed E-state index contributed by atoms with van der Waals surface area (Å²) in [5, 5.41) is 10.5. The van der Waals surface area contributed by atoms with Gasteiger partial charge in [-0.15, -0.1) is 0 Å². The number of benzene rings is 2. The summed E-state index contributed by atoms with van der Waals surface area (Å²) in [5.74, 6) is 0. The van der Waals surface area contributed by atoms with Crippen molar-refractivity contribution in [1.29, 1.82) is 0 Å². The number of nitrogens with one attached hydrogen (secondary N) is 1. The van der Waals surface area contributed by atoms with Gasteiger partial charge in [-0.25, -0.2) is 8.42 Å². The van der Waals surface area contributed by atoms with Gasteiger partial charge in [-0.05, 0) is 30.3 Å². The number of nitro groups is 1. The maximum atomic E-state index is 12.0. The van der Waals surface area contributed by atoms with Crippen LogP contribution < -0.4 is 4.72 Å². The summed E-state index contributed by atoms with van der Waals surface area (Å²) in [6.45, 7) is 0. The quantitative estimate of drug-likeness (QED) is 0.685. The average molecular weight is 277 g/mol. The first-order valence-corrected chi connectivity index (χ1v) is 6.71. The molecule has 0 saturated carbocycles. The van der Waals surface area contributed by atoms with Crippen LogP contribution in [0, 0.1) is 16.2 Å². The zero-order valence-electron chi connectivity index (χ0n) is 9.61. The Morgan fingerprint density at radius 2 is 1.63 bits per heavy atom. The Bertz CT molecular complexity index is 681. The molecule has 0 aliphatic heterocycles. The Labute approximate surface area is 109 Å². The van der Waals surface area contributed by atoms with E-state index in [0.29, 0.717) is 5.69 Å². The molecule has 2 aromatic carbocycles. The molecule has 0 aliphatic carbocycles. The van der Waals surface area contributed by atoms with Crippen molar-refractivity contribution in [2.75, 3.05) is 4.72 Å². The molecule has 97 valence electrons. The third-order valence-electron chi connectivity index (χ3n) is 2.33. The van der Waals surface area contributed by atoms with Gasteiger partial charge in [0.1, 0.15) is 0 Å². The molecule has 19 heavy (non-hydrogen) atoms. The predicted molar refractivity (Wildman–Crippen MR) is 69.2 cm³/mol. The van der Waals surface area contributed by atoms with Crippen LogP contribution >= 0.6 is 0 Å². The van der Waals surface area contributed by atoms with Crippen molar-refractivity contribution in [2.24, 2.45) is 0 Å². The van der Waals surface area contributed by atoms with Crippen LogP contribution in [0.4, 0.5) is 11.4 Å². The molecule has 0 amide bonds. The van der Waals surface area contributed by atoms with E-state index in [-0.39, 0.29) is 10.6 Å². The number of hydrogen-bond acceptors (Lipinski definition) is 4. The lowest BCUT2D eigenvalue weighted by Gasteiger charge is -2.07. The van der Waals surface area contributed by atoms with Gasteiger partial charge in [-0.1, -0.05) is 12.1 Å². The third kappa shape index (κ3) is 3.08. The summed E-state index contributed by atoms with van der Waals surface area (Å²) in [6, 6.07) is 13.7. The van der Waals surface area contributed by atoms with Crippen LogP contribution in [-0.2, 0) is 10.0 Å². The summed E-state index contributed by atoms with van der Waals surface area (Å²) in [6.07, 6.45) is 0. The second kappa shape index (κ2) is 5.07. The minimum Gasteiger partial charge on any atom is -0.280 e. The molecular weight excluding hydrogens is 268 g/mol. The van der Waals surface area contributed by atoms with Crippen LogP contribution in [0.25, 0.3) is 0 Å². The highest BCUT2D eigenvalue weighted by Gasteiger charge is 2.15. The van der Waals surface area contributed by atoms with E-state index in [2.05, 4.69) is 10.8 Å². The molecule has 2 rings (SSSR count). The molecule has 1 N–H and O–H groups in total. The highest BCUT2D eigenvalue weighted by molar-refractivity contribution is 7.92. The Kier molecular flexibility index (Phi) is 3.48. The standard InChI is InChI=1S/C12H9N2O4S/c15-14(16)11-6-8-12(9-7-11)19(17,18)13-10-4-2-1-3-5-10/h2-9,13H. The normalized spacial score (nSPS) is 10.9. The lowest BCUT2D eigenvalue weighted by atomic mass is 10.3. The summed E-state index contributed by atoms with van der Waals surface area (Å²) in [7, 11) is -3.74. The molecular formula is C12H9N2O4S. The molecule has 7 heteroatoms. The topological polar surface area (TPSA) is 89.3 Å². The first-order chi connectivity index (χ1) is 8.99. The highest BCUT2D eigenvalue weighted by Crippen LogP contribution is 2.18. The second-order valence-electron chi connectivity index (χ2n) is 3.65. The van der Waals surface area contributed by atoms with E-state index < -0.39 is 14.9 Å². The molecule has 1 radical (unpaired) electrons. The van der Waals surface area contributed by atoms with Gasteiger partial charge in [0.15, 0.2) is 0 Å². The lowest BCUT2D eigenvalue weighted by molar-refractivity contribution is -0.384. The van der Waals surface area contributed by atoms with Crippen molar-refractivity contribution < 1.29 is 13.3 Å². The molecule has 0 atom stereocenters. The molecule has 0 heterocycles. The lowest BCUT2D eigenvalue weighted by Crippen LogP contribution is -2.12. The van der Waals surface area contributed by atoms with Gasteiger partial charge in [-0.3, -0.25) is 14.8 Å². The van der Waals surface area contributed by atoms with E-state index in [1.54, 1.807) is 24.3 Å². The van der Waals surface area contributed by atoms with Gasteiger partial charge in [0, 0.05) is 17.8 Å². The van der Waals surface area contributed by atoms with E-state index in [0.717, 1.165) is 12.1 Å². The van der Waals surface area contributed by atoms with Gasteiger partial charge in [0.05, 0.1) is 9.82 Å². The Balaban J connectivity index is 2.27. The van der Waals surface area contributed by atoms with Crippen LogP contribution in [0.15, 0.2) is 53.4 Å². The van der Waals surface area contributed by atoms with E-state index in [4.69, 9.17) is 0 Å². The summed E-state index contributed by atoms with van der Waals surface area (Å²) in [5.41, 5.74) is 0.241. The van der Waals surface area contributed by atoms with Crippen molar-refractivity contribution in [2.45, 2.75) is 4.90 Å². The summed E-state index contributed by atoms with van der Waals surface area (Å²) >= 11 is 0. The molecule has 0 aliphatic rings. The van der Waals surface area contributed by atoms with Crippen LogP contribution in [-0.4, -0.2) is 13.3 Å². The first kappa shape index (κ1) is 13.0. The van der Waals surface area contributed by atoms with E-state index in [1.807, 2.05) is 0 Å². The Morgan fingerprint density at radius 1 is 1.05 bits per heavy atom. The van der Waals surface area contributed by atoms with E-state index >= 15 is 0 Å². The first-order valence-electron chi connectivity index (χ1n) is 5.22. The van der Waals surface area contributed by atoms with Crippen molar-refractivity contribution in [3.8, 4) is 0 Å². The highest BCUT2D eigenvalue weighted by atomic mass is 32.2. The van der Waals surface area contributed by atoms with Crippen molar-refractivity contribution in [3.63, 3.8) is 0 Å². The monoisotopic (exact) mass is 277 g/mol. The fourth-order valence-corrected chi connectivity index (χ4v) is 2.47. The number of sulfonamides is 1. The number of hydrogen-bond donors (Lipinski definition) is 1. The summed E-state index contributed by atoms with van der Waals surface area (Å²) in [4.78, 5) is 9.87. The molecule has 0 fully saturated rings. The van der Waals surface area contributed by atoms with Crippen molar-refractivity contribution in [1.82, 2.24) is 0 Å². The Morgan fingerprint density at radius 3 is 2.16 bits per heavy atom. The molecule has 2 aromatic rings. The molecule has 0 spiro atoms. The fraction of sp³-hybridized carbons (Fsp3) is 0. The SMILES string of the molecule is O=[N+]([O-])c1ccc(S(=O)(=O)Nc2cc[c]cc2)cc1. The number of rotatable bonds is 4. The van der Waals surface area contributed by atoms with Gasteiger partial charge < -0.3 is 0 Å². The zero-order valence-corrected chi connectivity index (χ0v) is 10.4. The van der Waals surface area contributed by atoms with Crippen LogP contribution in [0.3, 0.4) is 0 Å². The average Bonchev–Trinajstić information content (AvgIpc) is 2.39.